The average Bonchev–Trinajstić information content (AvgIpc) is 2.85. The van der Waals surface area contributed by atoms with E-state index in [4.69, 9.17) is 11.6 Å². The Morgan fingerprint density at radius 3 is 2.06 bits per heavy atom. The molecule has 1 unspecified atom stereocenters. The lowest BCUT2D eigenvalue weighted by molar-refractivity contribution is -0.139. The smallest absolute Gasteiger partial charge is 0.326 e. The van der Waals surface area contributed by atoms with Crippen LogP contribution in [0.3, 0.4) is 0 Å². The van der Waals surface area contributed by atoms with Crippen LogP contribution in [0.1, 0.15) is 15.9 Å². The van der Waals surface area contributed by atoms with Crippen LogP contribution in [0.15, 0.2) is 91.0 Å². The van der Waals surface area contributed by atoms with E-state index in [0.717, 1.165) is 16.3 Å². The summed E-state index contributed by atoms with van der Waals surface area (Å²) in [6.45, 7) is 0. The minimum absolute atomic E-state index is 0.116. The van der Waals surface area contributed by atoms with Crippen molar-refractivity contribution < 1.29 is 19.5 Å². The Kier molecular flexibility index (Phi) is 7.28. The number of nitrogens with one attached hydrogen (secondary N) is 3. The fourth-order valence-electron chi connectivity index (χ4n) is 3.66. The number of para-hydroxylation sites is 1. The molecule has 176 valence electrons. The molecule has 0 aromatic heterocycles. The number of carboxylic acids is 1. The Labute approximate surface area is 206 Å². The van der Waals surface area contributed by atoms with E-state index in [1.807, 2.05) is 30.3 Å². The van der Waals surface area contributed by atoms with Crippen LogP contribution < -0.4 is 16.0 Å². The van der Waals surface area contributed by atoms with Crippen molar-refractivity contribution >= 4 is 51.7 Å². The summed E-state index contributed by atoms with van der Waals surface area (Å²) in [4.78, 5) is 37.8. The molecule has 4 N–H and O–H groups in total. The van der Waals surface area contributed by atoms with Crippen molar-refractivity contribution in [3.63, 3.8) is 0 Å². The van der Waals surface area contributed by atoms with E-state index in [1.54, 1.807) is 60.7 Å². The molecule has 0 aliphatic carbocycles. The molecule has 0 spiro atoms. The second-order valence-corrected chi connectivity index (χ2v) is 8.27. The summed E-state index contributed by atoms with van der Waals surface area (Å²) in [5, 5.41) is 19.6. The standard InChI is InChI=1S/C27H22ClN3O4/c28-21-12-6-7-13-22(21)30-27(35)31-23-16-19-11-5-4-10-18(19)15-20(23)25(32)29-24(26(33)34)14-17-8-2-1-3-9-17/h1-13,15-16,24H,14H2,(H,29,32)(H,33,34)(H2,30,31,35). The van der Waals surface area contributed by atoms with Gasteiger partial charge in [0, 0.05) is 6.42 Å². The van der Waals surface area contributed by atoms with Gasteiger partial charge in [0.25, 0.3) is 5.91 Å². The number of urea groups is 1. The first-order valence-electron chi connectivity index (χ1n) is 10.8. The van der Waals surface area contributed by atoms with Crippen LogP contribution in [-0.4, -0.2) is 29.1 Å². The number of halogens is 1. The van der Waals surface area contributed by atoms with E-state index >= 15 is 0 Å². The Bertz CT molecular complexity index is 1390. The molecule has 35 heavy (non-hydrogen) atoms. The summed E-state index contributed by atoms with van der Waals surface area (Å²) in [6.07, 6.45) is 0.116. The second-order valence-electron chi connectivity index (χ2n) is 7.86. The zero-order valence-electron chi connectivity index (χ0n) is 18.5. The zero-order valence-corrected chi connectivity index (χ0v) is 19.3. The fraction of sp³-hybridized carbons (Fsp3) is 0.0741. The molecule has 0 aliphatic rings. The number of carbonyl (C=O) groups is 3. The number of carboxylic acid groups (broad SMARTS) is 1. The molecule has 0 saturated heterocycles. The van der Waals surface area contributed by atoms with E-state index < -0.39 is 23.9 Å². The van der Waals surface area contributed by atoms with E-state index in [1.165, 1.54) is 0 Å². The molecule has 0 radical (unpaired) electrons. The maximum Gasteiger partial charge on any atom is 0.326 e. The normalized spacial score (nSPS) is 11.5. The van der Waals surface area contributed by atoms with Crippen LogP contribution in [0.4, 0.5) is 16.2 Å². The molecular formula is C27H22ClN3O4. The first-order valence-corrected chi connectivity index (χ1v) is 11.2. The van der Waals surface area contributed by atoms with Crippen LogP contribution in [0.25, 0.3) is 10.8 Å². The summed E-state index contributed by atoms with van der Waals surface area (Å²) in [7, 11) is 0. The molecule has 4 aromatic rings. The highest BCUT2D eigenvalue weighted by atomic mass is 35.5. The van der Waals surface area contributed by atoms with Gasteiger partial charge in [-0.2, -0.15) is 0 Å². The minimum atomic E-state index is -1.16. The molecule has 0 saturated carbocycles. The minimum Gasteiger partial charge on any atom is -0.480 e. The number of amides is 3. The van der Waals surface area contributed by atoms with Crippen molar-refractivity contribution in [2.75, 3.05) is 10.6 Å². The number of fused-ring (bicyclic) bond motifs is 1. The van der Waals surface area contributed by atoms with Crippen LogP contribution >= 0.6 is 11.6 Å². The molecule has 0 bridgehead atoms. The third-order valence-corrected chi connectivity index (χ3v) is 5.72. The quantitative estimate of drug-likeness (QED) is 0.273. The molecule has 0 aliphatic heterocycles. The van der Waals surface area contributed by atoms with Gasteiger partial charge < -0.3 is 21.1 Å². The molecule has 3 amide bonds. The van der Waals surface area contributed by atoms with Gasteiger partial charge in [0.1, 0.15) is 6.04 Å². The summed E-state index contributed by atoms with van der Waals surface area (Å²) >= 11 is 6.12. The summed E-state index contributed by atoms with van der Waals surface area (Å²) in [5.41, 5.74) is 1.55. The van der Waals surface area contributed by atoms with Crippen molar-refractivity contribution in [2.24, 2.45) is 0 Å². The van der Waals surface area contributed by atoms with E-state index in [9.17, 15) is 19.5 Å². The molecule has 0 fully saturated rings. The van der Waals surface area contributed by atoms with E-state index in [2.05, 4.69) is 16.0 Å². The number of benzene rings is 4. The first kappa shape index (κ1) is 23.8. The summed E-state index contributed by atoms with van der Waals surface area (Å²) < 4.78 is 0. The second kappa shape index (κ2) is 10.7. The Morgan fingerprint density at radius 2 is 1.37 bits per heavy atom. The number of anilines is 2. The largest absolute Gasteiger partial charge is 0.480 e. The molecular weight excluding hydrogens is 466 g/mol. The highest BCUT2D eigenvalue weighted by Gasteiger charge is 2.23. The first-order chi connectivity index (χ1) is 16.9. The Hall–Kier alpha value is -4.36. The van der Waals surface area contributed by atoms with E-state index in [0.29, 0.717) is 10.7 Å². The van der Waals surface area contributed by atoms with Gasteiger partial charge in [0.05, 0.1) is 22.0 Å². The molecule has 0 heterocycles. The third kappa shape index (κ3) is 5.96. The van der Waals surface area contributed by atoms with Crippen molar-refractivity contribution in [2.45, 2.75) is 12.5 Å². The van der Waals surface area contributed by atoms with Gasteiger partial charge in [-0.3, -0.25) is 4.79 Å². The number of carbonyl (C=O) groups excluding carboxylic acids is 2. The SMILES string of the molecule is O=C(Nc1ccccc1Cl)Nc1cc2ccccc2cc1C(=O)NC(Cc1ccccc1)C(=O)O. The highest BCUT2D eigenvalue weighted by Crippen LogP contribution is 2.26. The number of aliphatic carboxylic acids is 1. The summed E-state index contributed by atoms with van der Waals surface area (Å²) in [6, 6.07) is 24.7. The topological polar surface area (TPSA) is 108 Å². The lowest BCUT2D eigenvalue weighted by Gasteiger charge is -2.18. The molecule has 1 atom stereocenters. The van der Waals surface area contributed by atoms with Gasteiger partial charge in [-0.1, -0.05) is 78.3 Å². The van der Waals surface area contributed by atoms with Crippen LogP contribution in [0.2, 0.25) is 5.02 Å². The monoisotopic (exact) mass is 487 g/mol. The maximum absolute atomic E-state index is 13.2. The molecule has 8 heteroatoms. The maximum atomic E-state index is 13.2. The highest BCUT2D eigenvalue weighted by molar-refractivity contribution is 6.33. The van der Waals surface area contributed by atoms with Gasteiger partial charge in [-0.05, 0) is 40.6 Å². The van der Waals surface area contributed by atoms with Crippen molar-refractivity contribution in [1.82, 2.24) is 5.32 Å². The predicted molar refractivity (Wildman–Crippen MR) is 137 cm³/mol. The van der Waals surface area contributed by atoms with Crippen LogP contribution in [0.5, 0.6) is 0 Å². The van der Waals surface area contributed by atoms with Crippen molar-refractivity contribution in [1.29, 1.82) is 0 Å². The van der Waals surface area contributed by atoms with Gasteiger partial charge in [-0.25, -0.2) is 9.59 Å². The van der Waals surface area contributed by atoms with E-state index in [-0.39, 0.29) is 17.7 Å². The van der Waals surface area contributed by atoms with Gasteiger partial charge in [-0.15, -0.1) is 0 Å². The fourth-order valence-corrected chi connectivity index (χ4v) is 3.84. The van der Waals surface area contributed by atoms with Crippen LogP contribution in [0, 0.1) is 0 Å². The predicted octanol–water partition coefficient (Wildman–Crippen LogP) is 5.56. The van der Waals surface area contributed by atoms with Crippen LogP contribution in [-0.2, 0) is 11.2 Å². The molecule has 7 nitrogen and oxygen atoms in total. The zero-order chi connectivity index (χ0) is 24.8. The number of hydrogen-bond donors (Lipinski definition) is 4. The Morgan fingerprint density at radius 1 is 0.771 bits per heavy atom. The number of hydrogen-bond acceptors (Lipinski definition) is 3. The van der Waals surface area contributed by atoms with Crippen molar-refractivity contribution in [3.05, 3.63) is 107 Å². The summed E-state index contributed by atoms with van der Waals surface area (Å²) in [5.74, 6) is -1.78. The van der Waals surface area contributed by atoms with Gasteiger partial charge in [0.15, 0.2) is 0 Å². The third-order valence-electron chi connectivity index (χ3n) is 5.39. The lowest BCUT2D eigenvalue weighted by atomic mass is 10.0. The molecule has 4 rings (SSSR count). The van der Waals surface area contributed by atoms with Gasteiger partial charge >= 0.3 is 12.0 Å². The van der Waals surface area contributed by atoms with Gasteiger partial charge in [0.2, 0.25) is 0 Å². The number of rotatable bonds is 7. The lowest BCUT2D eigenvalue weighted by Crippen LogP contribution is -2.42. The average molecular weight is 488 g/mol. The van der Waals surface area contributed by atoms with Crippen molar-refractivity contribution in [3.8, 4) is 0 Å². The Balaban J connectivity index is 1.61. The molecule has 4 aromatic carbocycles.